The number of hydrogen-bond acceptors (Lipinski definition) is 3. The van der Waals surface area contributed by atoms with E-state index in [1.165, 1.54) is 4.31 Å². The lowest BCUT2D eigenvalue weighted by Gasteiger charge is -2.18. The molecule has 0 aliphatic carbocycles. The fourth-order valence-electron chi connectivity index (χ4n) is 2.15. The standard InChI is InChI=1S/C14H19N3O2S/c1-11-5-6-14(12(2)7-11)20(18,19)17(4)10-13-8-15-16(3)9-13/h5-9H,10H2,1-4H3. The molecule has 6 heteroatoms. The number of hydrogen-bond donors (Lipinski definition) is 0. The van der Waals surface area contributed by atoms with Crippen LogP contribution in [-0.2, 0) is 23.6 Å². The summed E-state index contributed by atoms with van der Waals surface area (Å²) in [6, 6.07) is 5.36. The molecule has 0 atom stereocenters. The number of aryl methyl sites for hydroxylation is 3. The number of benzene rings is 1. The fraction of sp³-hybridized carbons (Fsp3) is 0.357. The van der Waals surface area contributed by atoms with Gasteiger partial charge in [0.05, 0.1) is 11.1 Å². The molecule has 0 radical (unpaired) electrons. The van der Waals surface area contributed by atoms with Crippen LogP contribution in [0.5, 0.6) is 0 Å². The molecular formula is C14H19N3O2S. The Labute approximate surface area is 119 Å². The summed E-state index contributed by atoms with van der Waals surface area (Å²) in [4.78, 5) is 0.356. The molecule has 1 heterocycles. The van der Waals surface area contributed by atoms with Gasteiger partial charge in [0.2, 0.25) is 10.0 Å². The zero-order chi connectivity index (χ0) is 14.9. The zero-order valence-electron chi connectivity index (χ0n) is 12.2. The molecule has 108 valence electrons. The highest BCUT2D eigenvalue weighted by Crippen LogP contribution is 2.21. The van der Waals surface area contributed by atoms with E-state index in [1.807, 2.05) is 39.2 Å². The van der Waals surface area contributed by atoms with E-state index in [2.05, 4.69) is 5.10 Å². The summed E-state index contributed by atoms with van der Waals surface area (Å²) in [5.74, 6) is 0. The zero-order valence-corrected chi connectivity index (χ0v) is 13.0. The Morgan fingerprint density at radius 3 is 2.55 bits per heavy atom. The van der Waals surface area contributed by atoms with Crippen LogP contribution in [0.15, 0.2) is 35.5 Å². The summed E-state index contributed by atoms with van der Waals surface area (Å²) in [7, 11) is -0.0864. The first-order valence-corrected chi connectivity index (χ1v) is 7.76. The molecule has 2 rings (SSSR count). The number of aromatic nitrogens is 2. The van der Waals surface area contributed by atoms with Gasteiger partial charge in [-0.2, -0.15) is 9.40 Å². The van der Waals surface area contributed by atoms with E-state index < -0.39 is 10.0 Å². The van der Waals surface area contributed by atoms with Crippen molar-refractivity contribution < 1.29 is 8.42 Å². The predicted octanol–water partition coefficient (Wildman–Crippen LogP) is 1.86. The van der Waals surface area contributed by atoms with Crippen LogP contribution in [0.3, 0.4) is 0 Å². The summed E-state index contributed by atoms with van der Waals surface area (Å²) in [6.07, 6.45) is 3.49. The van der Waals surface area contributed by atoms with Gasteiger partial charge in [-0.1, -0.05) is 17.7 Å². The van der Waals surface area contributed by atoms with Gasteiger partial charge < -0.3 is 0 Å². The van der Waals surface area contributed by atoms with Gasteiger partial charge >= 0.3 is 0 Å². The van der Waals surface area contributed by atoms with Gasteiger partial charge in [0.1, 0.15) is 0 Å². The van der Waals surface area contributed by atoms with Crippen molar-refractivity contribution in [3.8, 4) is 0 Å². The largest absolute Gasteiger partial charge is 0.275 e. The van der Waals surface area contributed by atoms with Gasteiger partial charge in [0.25, 0.3) is 0 Å². The van der Waals surface area contributed by atoms with Gasteiger partial charge in [-0.3, -0.25) is 4.68 Å². The monoisotopic (exact) mass is 293 g/mol. The summed E-state index contributed by atoms with van der Waals surface area (Å²) in [5, 5.41) is 4.05. The molecule has 0 N–H and O–H groups in total. The number of nitrogens with zero attached hydrogens (tertiary/aromatic N) is 3. The minimum atomic E-state index is -3.48. The smallest absolute Gasteiger partial charge is 0.243 e. The molecule has 1 aromatic carbocycles. The second-order valence-corrected chi connectivity index (χ2v) is 7.07. The van der Waals surface area contributed by atoms with Crippen molar-refractivity contribution in [2.24, 2.45) is 7.05 Å². The first kappa shape index (κ1) is 14.7. The summed E-state index contributed by atoms with van der Waals surface area (Å²) >= 11 is 0. The number of rotatable bonds is 4. The Morgan fingerprint density at radius 2 is 2.00 bits per heavy atom. The quantitative estimate of drug-likeness (QED) is 0.864. The molecule has 0 saturated carbocycles. The Bertz CT molecular complexity index is 720. The van der Waals surface area contributed by atoms with Crippen molar-refractivity contribution in [3.63, 3.8) is 0 Å². The average molecular weight is 293 g/mol. The number of sulfonamides is 1. The average Bonchev–Trinajstić information content (AvgIpc) is 2.74. The van der Waals surface area contributed by atoms with E-state index in [0.717, 1.165) is 16.7 Å². The second kappa shape index (κ2) is 5.38. The van der Waals surface area contributed by atoms with Gasteiger partial charge in [0, 0.05) is 32.4 Å². The van der Waals surface area contributed by atoms with Crippen molar-refractivity contribution in [1.82, 2.24) is 14.1 Å². The van der Waals surface area contributed by atoms with Crippen molar-refractivity contribution in [1.29, 1.82) is 0 Å². The Morgan fingerprint density at radius 1 is 1.30 bits per heavy atom. The fourth-order valence-corrected chi connectivity index (χ4v) is 3.51. The third-order valence-corrected chi connectivity index (χ3v) is 5.15. The van der Waals surface area contributed by atoms with Gasteiger partial charge in [-0.05, 0) is 25.5 Å². The van der Waals surface area contributed by atoms with Crippen molar-refractivity contribution in [2.75, 3.05) is 7.05 Å². The maximum atomic E-state index is 12.6. The summed E-state index contributed by atoms with van der Waals surface area (Å²) in [6.45, 7) is 4.07. The first-order chi connectivity index (χ1) is 9.30. The molecule has 20 heavy (non-hydrogen) atoms. The minimum Gasteiger partial charge on any atom is -0.275 e. The van der Waals surface area contributed by atoms with Crippen LogP contribution in [0.2, 0.25) is 0 Å². The molecular weight excluding hydrogens is 274 g/mol. The van der Waals surface area contributed by atoms with E-state index in [9.17, 15) is 8.42 Å². The molecule has 0 unspecified atom stereocenters. The first-order valence-electron chi connectivity index (χ1n) is 6.32. The van der Waals surface area contributed by atoms with Crippen molar-refractivity contribution in [3.05, 3.63) is 47.3 Å². The molecule has 5 nitrogen and oxygen atoms in total. The topological polar surface area (TPSA) is 55.2 Å². The van der Waals surface area contributed by atoms with E-state index in [-0.39, 0.29) is 0 Å². The minimum absolute atomic E-state index is 0.309. The maximum absolute atomic E-state index is 12.6. The molecule has 2 aromatic rings. The van der Waals surface area contributed by atoms with Gasteiger partial charge in [0.15, 0.2) is 0 Å². The Kier molecular flexibility index (Phi) is 3.96. The predicted molar refractivity (Wildman–Crippen MR) is 77.8 cm³/mol. The highest BCUT2D eigenvalue weighted by Gasteiger charge is 2.23. The lowest BCUT2D eigenvalue weighted by atomic mass is 10.2. The third kappa shape index (κ3) is 2.91. The van der Waals surface area contributed by atoms with E-state index in [4.69, 9.17) is 0 Å². The lowest BCUT2D eigenvalue weighted by Crippen LogP contribution is -2.27. The van der Waals surface area contributed by atoms with Crippen molar-refractivity contribution in [2.45, 2.75) is 25.3 Å². The van der Waals surface area contributed by atoms with Crippen LogP contribution < -0.4 is 0 Å². The van der Waals surface area contributed by atoms with Crippen molar-refractivity contribution >= 4 is 10.0 Å². The normalized spacial score (nSPS) is 12.1. The third-order valence-electron chi connectivity index (χ3n) is 3.18. The van der Waals surface area contributed by atoms with Crippen LogP contribution in [0.4, 0.5) is 0 Å². The van der Waals surface area contributed by atoms with Gasteiger partial charge in [-0.25, -0.2) is 8.42 Å². The van der Waals surface area contributed by atoms with E-state index >= 15 is 0 Å². The van der Waals surface area contributed by atoms with Crippen LogP contribution in [0.25, 0.3) is 0 Å². The molecule has 1 aromatic heterocycles. The van der Waals surface area contributed by atoms with Crippen LogP contribution in [0.1, 0.15) is 16.7 Å². The molecule has 0 aliphatic heterocycles. The van der Waals surface area contributed by atoms with Crippen LogP contribution in [0, 0.1) is 13.8 Å². The highest BCUT2D eigenvalue weighted by molar-refractivity contribution is 7.89. The Balaban J connectivity index is 2.29. The highest BCUT2D eigenvalue weighted by atomic mass is 32.2. The van der Waals surface area contributed by atoms with E-state index in [1.54, 1.807) is 24.0 Å². The molecule has 0 spiro atoms. The lowest BCUT2D eigenvalue weighted by molar-refractivity contribution is 0.466. The molecule has 0 fully saturated rings. The molecule has 0 aliphatic rings. The SMILES string of the molecule is Cc1ccc(S(=O)(=O)N(C)Cc2cnn(C)c2)c(C)c1. The van der Waals surface area contributed by atoms with Gasteiger partial charge in [-0.15, -0.1) is 0 Å². The molecule has 0 saturated heterocycles. The molecule has 0 bridgehead atoms. The van der Waals surface area contributed by atoms with Crippen LogP contribution >= 0.6 is 0 Å². The molecule has 0 amide bonds. The van der Waals surface area contributed by atoms with E-state index in [0.29, 0.717) is 11.4 Å². The summed E-state index contributed by atoms with van der Waals surface area (Å²) < 4.78 is 28.2. The second-order valence-electron chi connectivity index (χ2n) is 5.05. The maximum Gasteiger partial charge on any atom is 0.243 e. The summed E-state index contributed by atoms with van der Waals surface area (Å²) in [5.41, 5.74) is 2.68. The Hall–Kier alpha value is -1.66. The van der Waals surface area contributed by atoms with Crippen LogP contribution in [-0.4, -0.2) is 29.6 Å².